The summed E-state index contributed by atoms with van der Waals surface area (Å²) < 4.78 is 1.98. The Bertz CT molecular complexity index is 373. The number of fused-ring (bicyclic) bond motifs is 1. The van der Waals surface area contributed by atoms with Crippen LogP contribution in [0.5, 0.6) is 0 Å². The van der Waals surface area contributed by atoms with Crippen LogP contribution >= 0.6 is 11.8 Å². The molecule has 5 heteroatoms. The van der Waals surface area contributed by atoms with Gasteiger partial charge in [-0.25, -0.2) is 0 Å². The van der Waals surface area contributed by atoms with Gasteiger partial charge >= 0.3 is 0 Å². The molecule has 0 bridgehead atoms. The van der Waals surface area contributed by atoms with Gasteiger partial charge < -0.3 is 5.11 Å². The smallest absolute Gasteiger partial charge is 0.148 e. The Hall–Kier alpha value is -0.550. The van der Waals surface area contributed by atoms with Crippen molar-refractivity contribution in [1.29, 1.82) is 0 Å². The number of nitrogens with zero attached hydrogens (tertiary/aromatic N) is 3. The molecule has 1 saturated heterocycles. The van der Waals surface area contributed by atoms with Crippen molar-refractivity contribution in [2.75, 3.05) is 5.75 Å². The molecule has 2 atom stereocenters. The SMILES string of the molecule is OC1CCCc2nnc(C3CCCCS3)n21. The summed E-state index contributed by atoms with van der Waals surface area (Å²) in [5, 5.41) is 19.0. The maximum Gasteiger partial charge on any atom is 0.148 e. The van der Waals surface area contributed by atoms with E-state index in [2.05, 4.69) is 10.2 Å². The number of aromatic nitrogens is 3. The zero-order valence-electron chi connectivity index (χ0n) is 9.30. The summed E-state index contributed by atoms with van der Waals surface area (Å²) in [5.41, 5.74) is 0. The van der Waals surface area contributed by atoms with Gasteiger partial charge in [-0.3, -0.25) is 4.57 Å². The van der Waals surface area contributed by atoms with Gasteiger partial charge in [0.25, 0.3) is 0 Å². The highest BCUT2D eigenvalue weighted by Gasteiger charge is 2.28. The number of rotatable bonds is 1. The quantitative estimate of drug-likeness (QED) is 0.815. The third-order valence-corrected chi connectivity index (χ3v) is 4.79. The Kier molecular flexibility index (Phi) is 2.90. The Morgan fingerprint density at radius 3 is 2.94 bits per heavy atom. The Morgan fingerprint density at radius 1 is 1.19 bits per heavy atom. The molecule has 16 heavy (non-hydrogen) atoms. The van der Waals surface area contributed by atoms with Gasteiger partial charge in [0.2, 0.25) is 0 Å². The summed E-state index contributed by atoms with van der Waals surface area (Å²) in [6.07, 6.45) is 6.20. The van der Waals surface area contributed by atoms with Gasteiger partial charge in [-0.05, 0) is 31.4 Å². The first kappa shape index (κ1) is 10.6. The molecule has 1 N–H and O–H groups in total. The Labute approximate surface area is 99.4 Å². The van der Waals surface area contributed by atoms with Crippen molar-refractivity contribution in [2.24, 2.45) is 0 Å². The molecule has 1 fully saturated rings. The average molecular weight is 239 g/mol. The van der Waals surface area contributed by atoms with Crippen LogP contribution in [0.25, 0.3) is 0 Å². The van der Waals surface area contributed by atoms with Crippen molar-refractivity contribution >= 4 is 11.8 Å². The molecular formula is C11H17N3OS. The third kappa shape index (κ3) is 1.76. The fourth-order valence-electron chi connectivity index (χ4n) is 2.57. The molecule has 0 aromatic carbocycles. The minimum absolute atomic E-state index is 0.392. The normalized spacial score (nSPS) is 30.1. The summed E-state index contributed by atoms with van der Waals surface area (Å²) >= 11 is 1.96. The van der Waals surface area contributed by atoms with Gasteiger partial charge in [0.1, 0.15) is 17.9 Å². The molecule has 1 aromatic rings. The lowest BCUT2D eigenvalue weighted by Gasteiger charge is -2.26. The second-order valence-electron chi connectivity index (χ2n) is 4.57. The van der Waals surface area contributed by atoms with Crippen LogP contribution < -0.4 is 0 Å². The first-order chi connectivity index (χ1) is 7.86. The summed E-state index contributed by atoms with van der Waals surface area (Å²) in [6, 6.07) is 0. The molecule has 0 spiro atoms. The van der Waals surface area contributed by atoms with Crippen molar-refractivity contribution < 1.29 is 5.11 Å². The zero-order valence-corrected chi connectivity index (χ0v) is 10.1. The molecule has 2 aliphatic rings. The van der Waals surface area contributed by atoms with Crippen LogP contribution in [0.15, 0.2) is 0 Å². The predicted molar refractivity (Wildman–Crippen MR) is 63.3 cm³/mol. The molecular weight excluding hydrogens is 222 g/mol. The third-order valence-electron chi connectivity index (χ3n) is 3.42. The maximum absolute atomic E-state index is 10.0. The highest BCUT2D eigenvalue weighted by atomic mass is 32.2. The largest absolute Gasteiger partial charge is 0.373 e. The molecule has 0 radical (unpaired) electrons. The molecule has 1 aromatic heterocycles. The van der Waals surface area contributed by atoms with E-state index in [4.69, 9.17) is 0 Å². The summed E-state index contributed by atoms with van der Waals surface area (Å²) in [5.74, 6) is 3.19. The van der Waals surface area contributed by atoms with Crippen molar-refractivity contribution in [3.63, 3.8) is 0 Å². The summed E-state index contributed by atoms with van der Waals surface area (Å²) in [4.78, 5) is 0. The van der Waals surface area contributed by atoms with Gasteiger partial charge in [-0.15, -0.1) is 10.2 Å². The first-order valence-electron chi connectivity index (χ1n) is 6.09. The standard InChI is InChI=1S/C11H17N3OS/c15-10-6-3-5-9-12-13-11(14(9)10)8-4-1-2-7-16-8/h8,10,15H,1-7H2. The van der Waals surface area contributed by atoms with Crippen molar-refractivity contribution in [1.82, 2.24) is 14.8 Å². The van der Waals surface area contributed by atoms with E-state index in [0.29, 0.717) is 5.25 Å². The molecule has 0 saturated carbocycles. The molecule has 2 unspecified atom stereocenters. The van der Waals surface area contributed by atoms with E-state index in [1.807, 2.05) is 16.3 Å². The van der Waals surface area contributed by atoms with E-state index in [1.165, 1.54) is 25.0 Å². The van der Waals surface area contributed by atoms with Crippen LogP contribution in [0, 0.1) is 0 Å². The molecule has 3 heterocycles. The summed E-state index contributed by atoms with van der Waals surface area (Å²) in [7, 11) is 0. The highest BCUT2D eigenvalue weighted by molar-refractivity contribution is 7.99. The topological polar surface area (TPSA) is 50.9 Å². The number of thioether (sulfide) groups is 1. The van der Waals surface area contributed by atoms with Crippen LogP contribution in [0.1, 0.15) is 55.2 Å². The fourth-order valence-corrected chi connectivity index (χ4v) is 3.87. The minimum Gasteiger partial charge on any atom is -0.373 e. The van der Waals surface area contributed by atoms with E-state index in [-0.39, 0.29) is 0 Å². The molecule has 88 valence electrons. The number of hydrogen-bond donors (Lipinski definition) is 1. The van der Waals surface area contributed by atoms with E-state index in [0.717, 1.165) is 30.9 Å². The van der Waals surface area contributed by atoms with E-state index in [1.54, 1.807) is 0 Å². The van der Waals surface area contributed by atoms with E-state index in [9.17, 15) is 5.11 Å². The van der Waals surface area contributed by atoms with Gasteiger partial charge in [-0.2, -0.15) is 11.8 Å². The van der Waals surface area contributed by atoms with Crippen LogP contribution in [0.4, 0.5) is 0 Å². The molecule has 0 aliphatic carbocycles. The molecule has 2 aliphatic heterocycles. The lowest BCUT2D eigenvalue weighted by Crippen LogP contribution is -2.21. The predicted octanol–water partition coefficient (Wildman–Crippen LogP) is 2.06. The van der Waals surface area contributed by atoms with Gasteiger partial charge in [-0.1, -0.05) is 6.42 Å². The minimum atomic E-state index is -0.392. The second-order valence-corrected chi connectivity index (χ2v) is 5.88. The van der Waals surface area contributed by atoms with Crippen molar-refractivity contribution in [3.8, 4) is 0 Å². The van der Waals surface area contributed by atoms with E-state index < -0.39 is 6.23 Å². The molecule has 4 nitrogen and oxygen atoms in total. The lowest BCUT2D eigenvalue weighted by atomic mass is 10.1. The van der Waals surface area contributed by atoms with Gasteiger partial charge in [0.05, 0.1) is 5.25 Å². The van der Waals surface area contributed by atoms with Crippen LogP contribution in [0.3, 0.4) is 0 Å². The molecule has 3 rings (SSSR count). The zero-order chi connectivity index (χ0) is 11.0. The Morgan fingerprint density at radius 2 is 2.12 bits per heavy atom. The maximum atomic E-state index is 10.0. The fraction of sp³-hybridized carbons (Fsp3) is 0.818. The van der Waals surface area contributed by atoms with Crippen LogP contribution in [-0.2, 0) is 6.42 Å². The van der Waals surface area contributed by atoms with Crippen LogP contribution in [0.2, 0.25) is 0 Å². The number of aliphatic hydroxyl groups is 1. The van der Waals surface area contributed by atoms with Crippen LogP contribution in [-0.4, -0.2) is 25.6 Å². The molecule has 0 amide bonds. The number of aryl methyl sites for hydroxylation is 1. The van der Waals surface area contributed by atoms with Crippen molar-refractivity contribution in [3.05, 3.63) is 11.6 Å². The lowest BCUT2D eigenvalue weighted by molar-refractivity contribution is 0.0746. The number of aliphatic hydroxyl groups excluding tert-OH is 1. The van der Waals surface area contributed by atoms with Gasteiger partial charge in [0, 0.05) is 6.42 Å². The second kappa shape index (κ2) is 4.37. The monoisotopic (exact) mass is 239 g/mol. The first-order valence-corrected chi connectivity index (χ1v) is 7.14. The van der Waals surface area contributed by atoms with Gasteiger partial charge in [0.15, 0.2) is 0 Å². The average Bonchev–Trinajstić information content (AvgIpc) is 2.75. The van der Waals surface area contributed by atoms with E-state index >= 15 is 0 Å². The Balaban J connectivity index is 1.91. The highest BCUT2D eigenvalue weighted by Crippen LogP contribution is 2.39. The van der Waals surface area contributed by atoms with Crippen molar-refractivity contribution in [2.45, 2.75) is 50.0 Å². The number of hydrogen-bond acceptors (Lipinski definition) is 4. The summed E-state index contributed by atoms with van der Waals surface area (Å²) in [6.45, 7) is 0.